The third-order valence-electron chi connectivity index (χ3n) is 5.36. The van der Waals surface area contributed by atoms with E-state index in [0.717, 1.165) is 34.7 Å². The summed E-state index contributed by atoms with van der Waals surface area (Å²) in [6.07, 6.45) is 1.10. The van der Waals surface area contributed by atoms with E-state index in [1.807, 2.05) is 39.3 Å². The van der Waals surface area contributed by atoms with Gasteiger partial charge in [-0.3, -0.25) is 9.48 Å². The average molecular weight is 405 g/mol. The molecule has 2 heterocycles. The number of hydrogen-bond acceptors (Lipinski definition) is 4. The van der Waals surface area contributed by atoms with Crippen LogP contribution in [-0.2, 0) is 27.8 Å². The summed E-state index contributed by atoms with van der Waals surface area (Å²) in [5.41, 5.74) is 4.42. The van der Waals surface area contributed by atoms with Crippen molar-refractivity contribution in [2.75, 3.05) is 11.4 Å². The summed E-state index contributed by atoms with van der Waals surface area (Å²) in [6, 6.07) is 4.60. The normalized spacial score (nSPS) is 15.0. The number of amides is 1. The van der Waals surface area contributed by atoms with Gasteiger partial charge in [-0.15, -0.1) is 0 Å². The molecule has 152 valence electrons. The van der Waals surface area contributed by atoms with Crippen LogP contribution in [0.5, 0.6) is 0 Å². The number of benzene rings is 1. The Labute approximate surface area is 166 Å². The van der Waals surface area contributed by atoms with Crippen molar-refractivity contribution in [1.29, 1.82) is 0 Å². The van der Waals surface area contributed by atoms with Crippen LogP contribution in [0.15, 0.2) is 23.1 Å². The minimum absolute atomic E-state index is 0.0555. The van der Waals surface area contributed by atoms with Crippen LogP contribution < -0.4 is 9.62 Å². The summed E-state index contributed by atoms with van der Waals surface area (Å²) < 4.78 is 30.6. The quantitative estimate of drug-likeness (QED) is 0.802. The van der Waals surface area contributed by atoms with Gasteiger partial charge < -0.3 is 4.90 Å². The van der Waals surface area contributed by atoms with E-state index in [2.05, 4.69) is 9.82 Å². The van der Waals surface area contributed by atoms with Crippen molar-refractivity contribution in [2.45, 2.75) is 64.9 Å². The number of sulfonamides is 1. The molecule has 8 heteroatoms. The van der Waals surface area contributed by atoms with Crippen molar-refractivity contribution >= 4 is 21.6 Å². The third kappa shape index (κ3) is 3.58. The Morgan fingerprint density at radius 3 is 2.61 bits per heavy atom. The summed E-state index contributed by atoms with van der Waals surface area (Å²) in [7, 11) is -3.69. The minimum atomic E-state index is -3.69. The lowest BCUT2D eigenvalue weighted by molar-refractivity contribution is -0.118. The van der Waals surface area contributed by atoms with Gasteiger partial charge in [0, 0.05) is 42.5 Å². The van der Waals surface area contributed by atoms with Crippen LogP contribution in [0.3, 0.4) is 0 Å². The molecule has 0 aliphatic carbocycles. The molecule has 3 rings (SSSR count). The summed E-state index contributed by atoms with van der Waals surface area (Å²) in [6.45, 7) is 10.9. The summed E-state index contributed by atoms with van der Waals surface area (Å²) in [4.78, 5) is 14.0. The SMILES string of the molecule is CCC(=O)N1CCc2cc(S(=O)(=O)N[C@H](C)c3c(C)nn(CC)c3C)ccc21. The summed E-state index contributed by atoms with van der Waals surface area (Å²) in [5, 5.41) is 4.48. The van der Waals surface area contributed by atoms with Crippen molar-refractivity contribution in [1.82, 2.24) is 14.5 Å². The van der Waals surface area contributed by atoms with Gasteiger partial charge in [0.1, 0.15) is 0 Å². The molecule has 1 N–H and O–H groups in total. The van der Waals surface area contributed by atoms with Gasteiger partial charge in [-0.1, -0.05) is 6.92 Å². The van der Waals surface area contributed by atoms with Crippen LogP contribution in [0.1, 0.15) is 55.7 Å². The molecular weight excluding hydrogens is 376 g/mol. The first-order chi connectivity index (χ1) is 13.2. The van der Waals surface area contributed by atoms with Crippen molar-refractivity contribution < 1.29 is 13.2 Å². The molecule has 0 saturated carbocycles. The smallest absolute Gasteiger partial charge is 0.241 e. The van der Waals surface area contributed by atoms with Crippen LogP contribution in [0.25, 0.3) is 0 Å². The molecule has 1 atom stereocenters. The fraction of sp³-hybridized carbons (Fsp3) is 0.500. The fourth-order valence-corrected chi connectivity index (χ4v) is 5.26. The number of carbonyl (C=O) groups excluding carboxylic acids is 1. The second kappa shape index (κ2) is 7.67. The van der Waals surface area contributed by atoms with Crippen molar-refractivity contribution in [3.8, 4) is 0 Å². The molecule has 1 aromatic carbocycles. The summed E-state index contributed by atoms with van der Waals surface area (Å²) in [5.74, 6) is 0.0555. The Morgan fingerprint density at radius 2 is 2.00 bits per heavy atom. The zero-order valence-corrected chi connectivity index (χ0v) is 17.9. The van der Waals surface area contributed by atoms with Gasteiger partial charge in [-0.2, -0.15) is 5.10 Å². The van der Waals surface area contributed by atoms with Gasteiger partial charge in [0.2, 0.25) is 15.9 Å². The maximum atomic E-state index is 13.0. The zero-order chi connectivity index (χ0) is 20.6. The van der Waals surface area contributed by atoms with E-state index < -0.39 is 16.1 Å². The standard InChI is InChI=1S/C20H28N4O3S/c1-6-19(25)23-11-10-16-12-17(8-9-18(16)23)28(26,27)22-14(4)20-13(3)21-24(7-2)15(20)5/h8-9,12,14,22H,6-7,10-11H2,1-5H3/t14-/m1/s1. The van der Waals surface area contributed by atoms with Crippen LogP contribution in [0.2, 0.25) is 0 Å². The number of hydrogen-bond donors (Lipinski definition) is 1. The summed E-state index contributed by atoms with van der Waals surface area (Å²) >= 11 is 0. The molecule has 7 nitrogen and oxygen atoms in total. The molecule has 1 aliphatic rings. The van der Waals surface area contributed by atoms with E-state index in [0.29, 0.717) is 19.4 Å². The molecule has 0 radical (unpaired) electrons. The molecule has 1 aliphatic heterocycles. The van der Waals surface area contributed by atoms with E-state index in [1.54, 1.807) is 23.1 Å². The fourth-order valence-electron chi connectivity index (χ4n) is 4.00. The van der Waals surface area contributed by atoms with Gasteiger partial charge >= 0.3 is 0 Å². The van der Waals surface area contributed by atoms with Crippen LogP contribution >= 0.6 is 0 Å². The van der Waals surface area contributed by atoms with Gasteiger partial charge in [-0.05, 0) is 57.9 Å². The van der Waals surface area contributed by atoms with Crippen molar-refractivity contribution in [3.05, 3.63) is 40.7 Å². The maximum Gasteiger partial charge on any atom is 0.241 e. The average Bonchev–Trinajstić information content (AvgIpc) is 3.20. The Balaban J connectivity index is 1.86. The predicted octanol–water partition coefficient (Wildman–Crippen LogP) is 2.86. The number of rotatable bonds is 6. The van der Waals surface area contributed by atoms with Crippen molar-refractivity contribution in [3.63, 3.8) is 0 Å². The van der Waals surface area contributed by atoms with Crippen molar-refractivity contribution in [2.24, 2.45) is 0 Å². The first kappa shape index (κ1) is 20.5. The number of nitrogens with zero attached hydrogens (tertiary/aromatic N) is 3. The molecule has 28 heavy (non-hydrogen) atoms. The second-order valence-electron chi connectivity index (χ2n) is 7.18. The third-order valence-corrected chi connectivity index (χ3v) is 6.90. The number of nitrogens with one attached hydrogen (secondary N) is 1. The van der Waals surface area contributed by atoms with Crippen LogP contribution in [-0.4, -0.2) is 30.7 Å². The largest absolute Gasteiger partial charge is 0.312 e. The minimum Gasteiger partial charge on any atom is -0.312 e. The number of fused-ring (bicyclic) bond motifs is 1. The van der Waals surface area contributed by atoms with Gasteiger partial charge in [0.05, 0.1) is 10.6 Å². The molecule has 0 saturated heterocycles. The maximum absolute atomic E-state index is 13.0. The molecule has 0 bridgehead atoms. The molecule has 0 unspecified atom stereocenters. The van der Waals surface area contributed by atoms with Crippen LogP contribution in [0.4, 0.5) is 5.69 Å². The van der Waals surface area contributed by atoms with E-state index in [1.165, 1.54) is 0 Å². The molecule has 1 aromatic heterocycles. The monoisotopic (exact) mass is 404 g/mol. The molecule has 1 amide bonds. The first-order valence-corrected chi connectivity index (χ1v) is 11.2. The van der Waals surface area contributed by atoms with E-state index in [4.69, 9.17) is 0 Å². The van der Waals surface area contributed by atoms with E-state index in [-0.39, 0.29) is 10.8 Å². The first-order valence-electron chi connectivity index (χ1n) is 9.69. The van der Waals surface area contributed by atoms with Gasteiger partial charge in [0.15, 0.2) is 0 Å². The Bertz CT molecular complexity index is 1010. The molecule has 0 fully saturated rings. The highest BCUT2D eigenvalue weighted by molar-refractivity contribution is 7.89. The number of anilines is 1. The predicted molar refractivity (Wildman–Crippen MR) is 109 cm³/mol. The lowest BCUT2D eigenvalue weighted by Gasteiger charge is -2.18. The van der Waals surface area contributed by atoms with Gasteiger partial charge in [0.25, 0.3) is 0 Å². The topological polar surface area (TPSA) is 84.3 Å². The number of carbonyl (C=O) groups is 1. The molecular formula is C20H28N4O3S. The Hall–Kier alpha value is -2.19. The van der Waals surface area contributed by atoms with Crippen LogP contribution in [0, 0.1) is 13.8 Å². The van der Waals surface area contributed by atoms with E-state index in [9.17, 15) is 13.2 Å². The Kier molecular flexibility index (Phi) is 5.63. The number of aromatic nitrogens is 2. The Morgan fingerprint density at radius 1 is 1.29 bits per heavy atom. The number of aryl methyl sites for hydroxylation is 2. The lowest BCUT2D eigenvalue weighted by Crippen LogP contribution is -2.28. The second-order valence-corrected chi connectivity index (χ2v) is 8.90. The molecule has 0 spiro atoms. The lowest BCUT2D eigenvalue weighted by atomic mass is 10.1. The van der Waals surface area contributed by atoms with Gasteiger partial charge in [-0.25, -0.2) is 13.1 Å². The van der Waals surface area contributed by atoms with E-state index >= 15 is 0 Å². The molecule has 2 aromatic rings. The highest BCUT2D eigenvalue weighted by Gasteiger charge is 2.27. The highest BCUT2D eigenvalue weighted by atomic mass is 32.2. The highest BCUT2D eigenvalue weighted by Crippen LogP contribution is 2.31. The zero-order valence-electron chi connectivity index (χ0n) is 17.1.